The largest absolute Gasteiger partial charge is 0.367 e. The molecular formula is C14H17NO2S. The first kappa shape index (κ1) is 12.1. The summed E-state index contributed by atoms with van der Waals surface area (Å²) < 4.78 is 5.50. The Labute approximate surface area is 111 Å². The summed E-state index contributed by atoms with van der Waals surface area (Å²) in [6, 6.07) is 10.4. The molecule has 2 heterocycles. The minimum atomic E-state index is 0.152. The molecule has 0 aliphatic carbocycles. The zero-order chi connectivity index (χ0) is 12.4. The van der Waals surface area contributed by atoms with Gasteiger partial charge >= 0.3 is 0 Å². The Hall–Kier alpha value is -1.000. The summed E-state index contributed by atoms with van der Waals surface area (Å²) >= 11 is 2.00. The second-order valence-electron chi connectivity index (χ2n) is 4.87. The summed E-state index contributed by atoms with van der Waals surface area (Å²) in [4.78, 5) is 14.0. The lowest BCUT2D eigenvalue weighted by Crippen LogP contribution is -2.41. The van der Waals surface area contributed by atoms with E-state index < -0.39 is 0 Å². The fourth-order valence-corrected chi connectivity index (χ4v) is 4.05. The van der Waals surface area contributed by atoms with Gasteiger partial charge in [-0.1, -0.05) is 30.3 Å². The molecule has 0 saturated carbocycles. The predicted octanol–water partition coefficient (Wildman–Crippen LogP) is 1.92. The van der Waals surface area contributed by atoms with Crippen molar-refractivity contribution < 1.29 is 9.53 Å². The van der Waals surface area contributed by atoms with Gasteiger partial charge in [0.25, 0.3) is 0 Å². The summed E-state index contributed by atoms with van der Waals surface area (Å²) in [6.45, 7) is 1.65. The molecule has 2 bridgehead atoms. The molecule has 0 spiro atoms. The van der Waals surface area contributed by atoms with Crippen molar-refractivity contribution in [3.63, 3.8) is 0 Å². The van der Waals surface area contributed by atoms with E-state index in [1.807, 2.05) is 47.0 Å². The van der Waals surface area contributed by atoms with Crippen molar-refractivity contribution in [1.29, 1.82) is 0 Å². The molecule has 1 aromatic carbocycles. The predicted molar refractivity (Wildman–Crippen MR) is 72.5 cm³/mol. The highest BCUT2D eigenvalue weighted by atomic mass is 32.2. The number of likely N-dealkylation sites (tertiary alicyclic amines) is 1. The minimum Gasteiger partial charge on any atom is -0.367 e. The zero-order valence-electron chi connectivity index (χ0n) is 10.2. The van der Waals surface area contributed by atoms with Gasteiger partial charge in [-0.25, -0.2) is 0 Å². The third-order valence-corrected chi connectivity index (χ3v) is 4.95. The normalized spacial score (nSPS) is 25.7. The van der Waals surface area contributed by atoms with Crippen LogP contribution in [0.2, 0.25) is 0 Å². The highest BCUT2D eigenvalue weighted by Gasteiger charge is 2.40. The van der Waals surface area contributed by atoms with Crippen LogP contribution in [-0.4, -0.2) is 41.0 Å². The van der Waals surface area contributed by atoms with Crippen LogP contribution in [0.4, 0.5) is 0 Å². The van der Waals surface area contributed by atoms with Gasteiger partial charge in [0.15, 0.2) is 0 Å². The minimum absolute atomic E-state index is 0.152. The van der Waals surface area contributed by atoms with Crippen molar-refractivity contribution in [2.24, 2.45) is 0 Å². The number of amides is 1. The Morgan fingerprint density at radius 1 is 1.39 bits per heavy atom. The van der Waals surface area contributed by atoms with Crippen molar-refractivity contribution >= 4 is 17.7 Å². The Kier molecular flexibility index (Phi) is 3.57. The molecule has 1 aromatic rings. The summed E-state index contributed by atoms with van der Waals surface area (Å²) in [6.07, 6.45) is 1.18. The van der Waals surface area contributed by atoms with Gasteiger partial charge in [0.05, 0.1) is 6.61 Å². The number of ether oxygens (including phenoxy) is 1. The molecule has 3 rings (SSSR count). The molecule has 0 N–H and O–H groups in total. The maximum absolute atomic E-state index is 12.0. The lowest BCUT2D eigenvalue weighted by atomic mass is 10.2. The molecule has 2 aliphatic heterocycles. The molecule has 2 saturated heterocycles. The Balaban J connectivity index is 1.45. The summed E-state index contributed by atoms with van der Waals surface area (Å²) in [5, 5.41) is 0.674. The molecule has 2 unspecified atom stereocenters. The number of thioether (sulfide) groups is 1. The van der Waals surface area contributed by atoms with E-state index in [-0.39, 0.29) is 12.5 Å². The van der Waals surface area contributed by atoms with Crippen LogP contribution in [0.1, 0.15) is 12.0 Å². The van der Waals surface area contributed by atoms with Gasteiger partial charge in [-0.3, -0.25) is 4.79 Å². The number of nitrogens with zero attached hydrogens (tertiary/aromatic N) is 1. The van der Waals surface area contributed by atoms with E-state index in [2.05, 4.69) is 0 Å². The van der Waals surface area contributed by atoms with E-state index in [9.17, 15) is 4.79 Å². The van der Waals surface area contributed by atoms with Crippen LogP contribution >= 0.6 is 11.8 Å². The molecule has 0 aromatic heterocycles. The molecule has 96 valence electrons. The van der Waals surface area contributed by atoms with Crippen molar-refractivity contribution in [3.8, 4) is 0 Å². The van der Waals surface area contributed by atoms with Crippen LogP contribution in [-0.2, 0) is 16.1 Å². The van der Waals surface area contributed by atoms with Gasteiger partial charge in [-0.05, 0) is 12.0 Å². The van der Waals surface area contributed by atoms with Crippen LogP contribution in [0.5, 0.6) is 0 Å². The van der Waals surface area contributed by atoms with Crippen molar-refractivity contribution in [2.75, 3.05) is 18.9 Å². The third-order valence-electron chi connectivity index (χ3n) is 3.56. The number of hydrogen-bond donors (Lipinski definition) is 0. The topological polar surface area (TPSA) is 29.5 Å². The lowest BCUT2D eigenvalue weighted by molar-refractivity contribution is -0.137. The van der Waals surface area contributed by atoms with E-state index in [0.29, 0.717) is 17.9 Å². The average molecular weight is 263 g/mol. The first-order chi connectivity index (χ1) is 8.83. The number of carbonyl (C=O) groups excluding carboxylic acids is 1. The summed E-state index contributed by atoms with van der Waals surface area (Å²) in [7, 11) is 0. The molecule has 2 fully saturated rings. The monoisotopic (exact) mass is 263 g/mol. The standard InChI is InChI=1S/C14H17NO2S/c16-14(15-7-13-6-12(15)10-18-13)9-17-8-11-4-2-1-3-5-11/h1-5,12-13H,6-10H2. The van der Waals surface area contributed by atoms with E-state index in [1.54, 1.807) is 0 Å². The van der Waals surface area contributed by atoms with Crippen LogP contribution in [0.3, 0.4) is 0 Å². The quantitative estimate of drug-likeness (QED) is 0.831. The van der Waals surface area contributed by atoms with Gasteiger partial charge in [0, 0.05) is 23.6 Å². The Bertz CT molecular complexity index is 423. The van der Waals surface area contributed by atoms with E-state index >= 15 is 0 Å². The van der Waals surface area contributed by atoms with Gasteiger partial charge < -0.3 is 9.64 Å². The average Bonchev–Trinajstić information content (AvgIpc) is 3.02. The fourth-order valence-electron chi connectivity index (χ4n) is 2.62. The lowest BCUT2D eigenvalue weighted by Gasteiger charge is -2.26. The third kappa shape index (κ3) is 2.54. The number of hydrogen-bond acceptors (Lipinski definition) is 3. The molecule has 4 heteroatoms. The number of carbonyl (C=O) groups is 1. The first-order valence-corrected chi connectivity index (χ1v) is 7.40. The van der Waals surface area contributed by atoms with E-state index in [1.165, 1.54) is 6.42 Å². The fraction of sp³-hybridized carbons (Fsp3) is 0.500. The highest BCUT2D eigenvalue weighted by Crippen LogP contribution is 2.37. The number of fused-ring (bicyclic) bond motifs is 2. The SMILES string of the molecule is O=C(COCc1ccccc1)N1CC2CC1CS2. The maximum atomic E-state index is 12.0. The van der Waals surface area contributed by atoms with E-state index in [0.717, 1.165) is 17.9 Å². The highest BCUT2D eigenvalue weighted by molar-refractivity contribution is 8.00. The van der Waals surface area contributed by atoms with Crippen LogP contribution < -0.4 is 0 Å². The number of benzene rings is 1. The smallest absolute Gasteiger partial charge is 0.248 e. The van der Waals surface area contributed by atoms with Crippen LogP contribution in [0, 0.1) is 0 Å². The number of rotatable bonds is 4. The second kappa shape index (κ2) is 5.33. The van der Waals surface area contributed by atoms with Gasteiger partial charge in [-0.15, -0.1) is 0 Å². The molecule has 2 atom stereocenters. The van der Waals surface area contributed by atoms with Crippen molar-refractivity contribution in [2.45, 2.75) is 24.3 Å². The van der Waals surface area contributed by atoms with Crippen LogP contribution in [0.25, 0.3) is 0 Å². The molecule has 1 amide bonds. The van der Waals surface area contributed by atoms with Crippen LogP contribution in [0.15, 0.2) is 30.3 Å². The van der Waals surface area contributed by atoms with Gasteiger partial charge in [-0.2, -0.15) is 11.8 Å². The van der Waals surface area contributed by atoms with Crippen molar-refractivity contribution in [1.82, 2.24) is 4.90 Å². The van der Waals surface area contributed by atoms with Crippen molar-refractivity contribution in [3.05, 3.63) is 35.9 Å². The molecule has 3 nitrogen and oxygen atoms in total. The second-order valence-corrected chi connectivity index (χ2v) is 6.20. The molecule has 2 aliphatic rings. The molecular weight excluding hydrogens is 246 g/mol. The van der Waals surface area contributed by atoms with E-state index in [4.69, 9.17) is 4.74 Å². The Morgan fingerprint density at radius 2 is 2.22 bits per heavy atom. The molecule has 0 radical (unpaired) electrons. The zero-order valence-corrected chi connectivity index (χ0v) is 11.1. The summed E-state index contributed by atoms with van der Waals surface area (Å²) in [5.74, 6) is 1.26. The van der Waals surface area contributed by atoms with Gasteiger partial charge in [0.2, 0.25) is 5.91 Å². The summed E-state index contributed by atoms with van der Waals surface area (Å²) in [5.41, 5.74) is 1.11. The Morgan fingerprint density at radius 3 is 2.89 bits per heavy atom. The maximum Gasteiger partial charge on any atom is 0.248 e. The first-order valence-electron chi connectivity index (χ1n) is 6.35. The molecule has 18 heavy (non-hydrogen) atoms. The van der Waals surface area contributed by atoms with Gasteiger partial charge in [0.1, 0.15) is 6.61 Å².